The van der Waals surface area contributed by atoms with Gasteiger partial charge in [0.15, 0.2) is 0 Å². The largest absolute Gasteiger partial charge is 0.372 e. The highest BCUT2D eigenvalue weighted by molar-refractivity contribution is 6.30. The molecular formula is C18H20ClN3O2. The maximum absolute atomic E-state index is 12.1. The van der Waals surface area contributed by atoms with Gasteiger partial charge in [-0.25, -0.2) is 0 Å². The molecule has 1 fully saturated rings. The first-order chi connectivity index (χ1) is 11.6. The third-order valence-corrected chi connectivity index (χ3v) is 4.37. The van der Waals surface area contributed by atoms with E-state index in [1.165, 1.54) is 0 Å². The van der Waals surface area contributed by atoms with E-state index in [1.54, 1.807) is 30.5 Å². The molecule has 1 aliphatic heterocycles. The summed E-state index contributed by atoms with van der Waals surface area (Å²) < 4.78 is 7.63. The van der Waals surface area contributed by atoms with E-state index in [2.05, 4.69) is 10.4 Å². The SMILES string of the molecule is Cn1nccc1C1CC(NC(=O)/C=C/c2ccc(Cl)cc2)CCO1. The summed E-state index contributed by atoms with van der Waals surface area (Å²) in [6.45, 7) is 0.627. The van der Waals surface area contributed by atoms with Crippen molar-refractivity contribution < 1.29 is 9.53 Å². The highest BCUT2D eigenvalue weighted by atomic mass is 35.5. The predicted molar refractivity (Wildman–Crippen MR) is 93.6 cm³/mol. The third kappa shape index (κ3) is 4.24. The quantitative estimate of drug-likeness (QED) is 0.866. The van der Waals surface area contributed by atoms with Crippen molar-refractivity contribution in [1.82, 2.24) is 15.1 Å². The van der Waals surface area contributed by atoms with E-state index in [0.717, 1.165) is 24.1 Å². The zero-order valence-electron chi connectivity index (χ0n) is 13.5. The molecule has 2 heterocycles. The monoisotopic (exact) mass is 345 g/mol. The number of aromatic nitrogens is 2. The van der Waals surface area contributed by atoms with Crippen LogP contribution in [0.2, 0.25) is 5.02 Å². The maximum atomic E-state index is 12.1. The molecule has 6 heteroatoms. The van der Waals surface area contributed by atoms with Gasteiger partial charge in [-0.1, -0.05) is 23.7 Å². The van der Waals surface area contributed by atoms with E-state index in [9.17, 15) is 4.79 Å². The highest BCUT2D eigenvalue weighted by Gasteiger charge is 2.26. The number of nitrogens with zero attached hydrogens (tertiary/aromatic N) is 2. The van der Waals surface area contributed by atoms with Crippen molar-refractivity contribution in [1.29, 1.82) is 0 Å². The van der Waals surface area contributed by atoms with Crippen molar-refractivity contribution in [2.24, 2.45) is 7.05 Å². The Morgan fingerprint density at radius 2 is 2.17 bits per heavy atom. The first-order valence-electron chi connectivity index (χ1n) is 7.95. The van der Waals surface area contributed by atoms with Crippen LogP contribution in [-0.4, -0.2) is 28.3 Å². The summed E-state index contributed by atoms with van der Waals surface area (Å²) in [5.41, 5.74) is 1.97. The Morgan fingerprint density at radius 1 is 1.38 bits per heavy atom. The van der Waals surface area contributed by atoms with Gasteiger partial charge in [-0.05, 0) is 42.7 Å². The minimum absolute atomic E-state index is 0.0307. The molecule has 0 spiro atoms. The van der Waals surface area contributed by atoms with E-state index in [-0.39, 0.29) is 18.1 Å². The Balaban J connectivity index is 1.56. The van der Waals surface area contributed by atoms with Crippen LogP contribution in [0, 0.1) is 0 Å². The first-order valence-corrected chi connectivity index (χ1v) is 8.33. The number of rotatable bonds is 4. The molecule has 2 aromatic rings. The Kier molecular flexibility index (Phi) is 5.33. The van der Waals surface area contributed by atoms with Crippen LogP contribution in [0.1, 0.15) is 30.2 Å². The average molecular weight is 346 g/mol. The topological polar surface area (TPSA) is 56.2 Å². The van der Waals surface area contributed by atoms with E-state index < -0.39 is 0 Å². The number of hydrogen-bond acceptors (Lipinski definition) is 3. The summed E-state index contributed by atoms with van der Waals surface area (Å²) in [6.07, 6.45) is 6.63. The van der Waals surface area contributed by atoms with Gasteiger partial charge in [0, 0.05) is 37.0 Å². The van der Waals surface area contributed by atoms with Crippen LogP contribution in [0.5, 0.6) is 0 Å². The smallest absolute Gasteiger partial charge is 0.244 e. The van der Waals surface area contributed by atoms with Crippen LogP contribution in [0.4, 0.5) is 0 Å². The highest BCUT2D eigenvalue weighted by Crippen LogP contribution is 2.27. The summed E-state index contributed by atoms with van der Waals surface area (Å²) in [5.74, 6) is -0.0967. The second kappa shape index (κ2) is 7.64. The molecule has 1 aromatic carbocycles. The number of nitrogens with one attached hydrogen (secondary N) is 1. The predicted octanol–water partition coefficient (Wildman–Crippen LogP) is 3.12. The van der Waals surface area contributed by atoms with Gasteiger partial charge in [-0.2, -0.15) is 5.10 Å². The zero-order valence-corrected chi connectivity index (χ0v) is 14.2. The van der Waals surface area contributed by atoms with Gasteiger partial charge < -0.3 is 10.1 Å². The molecule has 5 nitrogen and oxygen atoms in total. The third-order valence-electron chi connectivity index (χ3n) is 4.12. The fraction of sp³-hybridized carbons (Fsp3) is 0.333. The second-order valence-electron chi connectivity index (χ2n) is 5.85. The van der Waals surface area contributed by atoms with Gasteiger partial charge >= 0.3 is 0 Å². The molecule has 1 aliphatic rings. The van der Waals surface area contributed by atoms with E-state index in [4.69, 9.17) is 16.3 Å². The normalized spacial score (nSPS) is 21.1. The lowest BCUT2D eigenvalue weighted by Crippen LogP contribution is -2.39. The van der Waals surface area contributed by atoms with Crippen molar-refractivity contribution in [2.75, 3.05) is 6.61 Å². The van der Waals surface area contributed by atoms with Crippen molar-refractivity contribution in [3.63, 3.8) is 0 Å². The lowest BCUT2D eigenvalue weighted by Gasteiger charge is -2.29. The second-order valence-corrected chi connectivity index (χ2v) is 6.29. The number of carbonyl (C=O) groups is 1. The Labute approximate surface area is 146 Å². The summed E-state index contributed by atoms with van der Waals surface area (Å²) >= 11 is 5.85. The minimum atomic E-state index is -0.0967. The van der Waals surface area contributed by atoms with Gasteiger partial charge in [0.05, 0.1) is 5.69 Å². The minimum Gasteiger partial charge on any atom is -0.372 e. The average Bonchev–Trinajstić information content (AvgIpc) is 3.01. The summed E-state index contributed by atoms with van der Waals surface area (Å²) in [4.78, 5) is 12.1. The molecule has 24 heavy (non-hydrogen) atoms. The summed E-state index contributed by atoms with van der Waals surface area (Å²) in [7, 11) is 1.90. The molecule has 1 saturated heterocycles. The maximum Gasteiger partial charge on any atom is 0.244 e. The van der Waals surface area contributed by atoms with Crippen LogP contribution >= 0.6 is 11.6 Å². The molecule has 0 radical (unpaired) electrons. The van der Waals surface area contributed by atoms with E-state index in [0.29, 0.717) is 11.6 Å². The molecule has 1 aromatic heterocycles. The molecule has 126 valence electrons. The number of ether oxygens (including phenoxy) is 1. The molecule has 1 N–H and O–H groups in total. The first kappa shape index (κ1) is 16.7. The Hall–Kier alpha value is -2.11. The van der Waals surface area contributed by atoms with Crippen molar-refractivity contribution >= 4 is 23.6 Å². The molecular weight excluding hydrogens is 326 g/mol. The Bertz CT molecular complexity index is 724. The summed E-state index contributed by atoms with van der Waals surface area (Å²) in [5, 5.41) is 7.91. The molecule has 2 unspecified atom stereocenters. The molecule has 1 amide bonds. The number of hydrogen-bond donors (Lipinski definition) is 1. The molecule has 3 rings (SSSR count). The number of aryl methyl sites for hydroxylation is 1. The van der Waals surface area contributed by atoms with Crippen LogP contribution < -0.4 is 5.32 Å². The van der Waals surface area contributed by atoms with Gasteiger partial charge in [0.25, 0.3) is 0 Å². The molecule has 2 atom stereocenters. The van der Waals surface area contributed by atoms with Gasteiger partial charge in [0.2, 0.25) is 5.91 Å². The van der Waals surface area contributed by atoms with Crippen LogP contribution in [0.25, 0.3) is 6.08 Å². The fourth-order valence-corrected chi connectivity index (χ4v) is 2.96. The molecule has 0 saturated carbocycles. The Morgan fingerprint density at radius 3 is 2.88 bits per heavy atom. The lowest BCUT2D eigenvalue weighted by atomic mass is 10.0. The van der Waals surface area contributed by atoms with Gasteiger partial charge in [0.1, 0.15) is 6.10 Å². The molecule has 0 aliphatic carbocycles. The molecule has 0 bridgehead atoms. The number of carbonyl (C=O) groups excluding carboxylic acids is 1. The van der Waals surface area contributed by atoms with Crippen LogP contribution in [-0.2, 0) is 16.6 Å². The van der Waals surface area contributed by atoms with Crippen LogP contribution in [0.15, 0.2) is 42.6 Å². The van der Waals surface area contributed by atoms with E-state index in [1.807, 2.05) is 29.9 Å². The standard InChI is InChI=1S/C18H20ClN3O2/c1-22-16(8-10-20-22)17-12-15(9-11-24-17)21-18(23)7-4-13-2-5-14(19)6-3-13/h2-8,10,15,17H,9,11-12H2,1H3,(H,21,23)/b7-4+. The zero-order chi connectivity index (χ0) is 16.9. The fourth-order valence-electron chi connectivity index (χ4n) is 2.83. The number of benzene rings is 1. The lowest BCUT2D eigenvalue weighted by molar-refractivity contribution is -0.118. The van der Waals surface area contributed by atoms with Crippen molar-refractivity contribution in [3.8, 4) is 0 Å². The van der Waals surface area contributed by atoms with Gasteiger partial charge in [-0.3, -0.25) is 9.48 Å². The van der Waals surface area contributed by atoms with Crippen molar-refractivity contribution in [3.05, 3.63) is 58.9 Å². The van der Waals surface area contributed by atoms with Crippen LogP contribution in [0.3, 0.4) is 0 Å². The van der Waals surface area contributed by atoms with Crippen molar-refractivity contribution in [2.45, 2.75) is 25.0 Å². The van der Waals surface area contributed by atoms with E-state index >= 15 is 0 Å². The number of amides is 1. The van der Waals surface area contributed by atoms with Gasteiger partial charge in [-0.15, -0.1) is 0 Å². The number of halogens is 1. The summed E-state index contributed by atoms with van der Waals surface area (Å²) in [6, 6.07) is 9.40.